The Kier molecular flexibility index (Phi) is 3.63. The molecule has 1 aromatic heterocycles. The maximum atomic E-state index is 5.88. The molecule has 2 fully saturated rings. The molecular weight excluding hydrogens is 260 g/mol. The van der Waals surface area contributed by atoms with Gasteiger partial charge in [0.05, 0.1) is 0 Å². The van der Waals surface area contributed by atoms with E-state index in [0.29, 0.717) is 5.28 Å². The molecule has 104 valence electrons. The first-order chi connectivity index (χ1) is 9.11. The van der Waals surface area contributed by atoms with E-state index in [1.165, 1.54) is 25.7 Å². The van der Waals surface area contributed by atoms with Gasteiger partial charge >= 0.3 is 0 Å². The van der Waals surface area contributed by atoms with Gasteiger partial charge < -0.3 is 10.2 Å². The van der Waals surface area contributed by atoms with Crippen molar-refractivity contribution in [3.05, 3.63) is 17.0 Å². The zero-order valence-corrected chi connectivity index (χ0v) is 12.3. The number of anilines is 1. The quantitative estimate of drug-likeness (QED) is 0.865. The number of nitrogens with zero attached hydrogens (tertiary/aromatic N) is 3. The zero-order chi connectivity index (χ0) is 13.4. The Morgan fingerprint density at radius 2 is 2.00 bits per heavy atom. The lowest BCUT2D eigenvalue weighted by Gasteiger charge is -2.36. The summed E-state index contributed by atoms with van der Waals surface area (Å²) in [6.45, 7) is 2.93. The lowest BCUT2D eigenvalue weighted by Crippen LogP contribution is -2.41. The molecule has 2 aliphatic rings. The van der Waals surface area contributed by atoms with Crippen molar-refractivity contribution >= 4 is 17.4 Å². The van der Waals surface area contributed by atoms with Crippen LogP contribution in [0, 0.1) is 12.8 Å². The van der Waals surface area contributed by atoms with Crippen molar-refractivity contribution in [1.29, 1.82) is 0 Å². The van der Waals surface area contributed by atoms with Crippen LogP contribution in [-0.2, 0) is 0 Å². The summed E-state index contributed by atoms with van der Waals surface area (Å²) in [6.07, 6.45) is 5.35. The van der Waals surface area contributed by atoms with Crippen molar-refractivity contribution in [3.8, 4) is 0 Å². The van der Waals surface area contributed by atoms with Gasteiger partial charge in [-0.05, 0) is 57.2 Å². The molecular formula is C14H21ClN4. The normalized spacial score (nSPS) is 30.6. The molecule has 3 rings (SSSR count). The fourth-order valence-electron chi connectivity index (χ4n) is 3.56. The average Bonchev–Trinajstić information content (AvgIpc) is 2.60. The molecule has 0 radical (unpaired) electrons. The van der Waals surface area contributed by atoms with Crippen molar-refractivity contribution < 1.29 is 0 Å². The topological polar surface area (TPSA) is 41.0 Å². The van der Waals surface area contributed by atoms with Crippen molar-refractivity contribution in [1.82, 2.24) is 14.9 Å². The number of rotatable bonds is 3. The van der Waals surface area contributed by atoms with Crippen LogP contribution in [0.1, 0.15) is 31.4 Å². The van der Waals surface area contributed by atoms with Crippen LogP contribution in [-0.4, -0.2) is 40.5 Å². The van der Waals surface area contributed by atoms with Gasteiger partial charge in [-0.15, -0.1) is 0 Å². The van der Waals surface area contributed by atoms with E-state index in [0.717, 1.165) is 36.1 Å². The Morgan fingerprint density at radius 1 is 1.32 bits per heavy atom. The molecule has 2 unspecified atom stereocenters. The molecule has 0 saturated carbocycles. The van der Waals surface area contributed by atoms with E-state index in [4.69, 9.17) is 11.6 Å². The minimum Gasteiger partial charge on any atom is -0.370 e. The fraction of sp³-hybridized carbons (Fsp3) is 0.714. The van der Waals surface area contributed by atoms with Gasteiger partial charge in [0.25, 0.3) is 0 Å². The van der Waals surface area contributed by atoms with Gasteiger partial charge in [0.2, 0.25) is 5.28 Å². The van der Waals surface area contributed by atoms with E-state index in [1.54, 1.807) is 0 Å². The summed E-state index contributed by atoms with van der Waals surface area (Å²) in [5, 5.41) is 3.75. The minimum atomic E-state index is 0.325. The third-order valence-corrected chi connectivity index (χ3v) is 4.76. The monoisotopic (exact) mass is 280 g/mol. The molecule has 0 spiro atoms. The van der Waals surface area contributed by atoms with Crippen LogP contribution in [0.15, 0.2) is 6.07 Å². The molecule has 2 aliphatic heterocycles. The van der Waals surface area contributed by atoms with Crippen molar-refractivity contribution in [2.75, 3.05) is 18.9 Å². The highest BCUT2D eigenvalue weighted by atomic mass is 35.5. The predicted molar refractivity (Wildman–Crippen MR) is 77.6 cm³/mol. The SMILES string of the molecule is Cc1cc(NCC2CC3CCC(C2)N3C)nc(Cl)n1. The summed E-state index contributed by atoms with van der Waals surface area (Å²) in [5.74, 6) is 1.60. The third kappa shape index (κ3) is 2.84. The number of fused-ring (bicyclic) bond motifs is 2. The fourth-order valence-corrected chi connectivity index (χ4v) is 3.79. The van der Waals surface area contributed by atoms with Gasteiger partial charge in [-0.2, -0.15) is 0 Å². The van der Waals surface area contributed by atoms with Gasteiger partial charge in [-0.1, -0.05) is 0 Å². The van der Waals surface area contributed by atoms with E-state index < -0.39 is 0 Å². The van der Waals surface area contributed by atoms with Gasteiger partial charge in [0.1, 0.15) is 5.82 Å². The van der Waals surface area contributed by atoms with E-state index in [1.807, 2.05) is 13.0 Å². The Balaban J connectivity index is 1.58. The molecule has 19 heavy (non-hydrogen) atoms. The van der Waals surface area contributed by atoms with E-state index in [9.17, 15) is 0 Å². The second-order valence-corrected chi connectivity index (χ2v) is 6.27. The Labute approximate surface area is 119 Å². The Hall–Kier alpha value is -0.870. The number of nitrogens with one attached hydrogen (secondary N) is 1. The molecule has 2 saturated heterocycles. The van der Waals surface area contributed by atoms with Crippen LogP contribution in [0.4, 0.5) is 5.82 Å². The first-order valence-corrected chi connectivity index (χ1v) is 7.46. The maximum Gasteiger partial charge on any atom is 0.224 e. The summed E-state index contributed by atoms with van der Waals surface area (Å²) in [7, 11) is 2.28. The largest absolute Gasteiger partial charge is 0.370 e. The van der Waals surface area contributed by atoms with E-state index >= 15 is 0 Å². The predicted octanol–water partition coefficient (Wildman–Crippen LogP) is 2.72. The van der Waals surface area contributed by atoms with Crippen molar-refractivity contribution in [2.24, 2.45) is 5.92 Å². The van der Waals surface area contributed by atoms with Crippen LogP contribution in [0.2, 0.25) is 5.28 Å². The molecule has 3 heterocycles. The second-order valence-electron chi connectivity index (χ2n) is 5.93. The third-order valence-electron chi connectivity index (χ3n) is 4.59. The first-order valence-electron chi connectivity index (χ1n) is 7.09. The molecule has 1 aromatic rings. The first kappa shape index (κ1) is 13.1. The van der Waals surface area contributed by atoms with Gasteiger partial charge in [-0.25, -0.2) is 9.97 Å². The number of aryl methyl sites for hydroxylation is 1. The summed E-state index contributed by atoms with van der Waals surface area (Å²) in [6, 6.07) is 3.54. The minimum absolute atomic E-state index is 0.325. The van der Waals surface area contributed by atoms with E-state index in [2.05, 4.69) is 27.2 Å². The summed E-state index contributed by atoms with van der Waals surface area (Å²) in [5.41, 5.74) is 0.908. The van der Waals surface area contributed by atoms with Crippen LogP contribution >= 0.6 is 11.6 Å². The smallest absolute Gasteiger partial charge is 0.224 e. The molecule has 0 aromatic carbocycles. The summed E-state index contributed by atoms with van der Waals surface area (Å²) >= 11 is 5.88. The van der Waals surface area contributed by atoms with Crippen molar-refractivity contribution in [3.63, 3.8) is 0 Å². The average molecular weight is 281 g/mol. The molecule has 0 aliphatic carbocycles. The summed E-state index contributed by atoms with van der Waals surface area (Å²) in [4.78, 5) is 10.9. The van der Waals surface area contributed by atoms with Gasteiger partial charge in [-0.3, -0.25) is 0 Å². The number of hydrogen-bond donors (Lipinski definition) is 1. The molecule has 2 atom stereocenters. The molecule has 2 bridgehead atoms. The lowest BCUT2D eigenvalue weighted by atomic mass is 9.91. The highest BCUT2D eigenvalue weighted by Gasteiger charge is 2.38. The second kappa shape index (κ2) is 5.25. The zero-order valence-electron chi connectivity index (χ0n) is 11.6. The number of hydrogen-bond acceptors (Lipinski definition) is 4. The van der Waals surface area contributed by atoms with Crippen LogP contribution in [0.3, 0.4) is 0 Å². The highest BCUT2D eigenvalue weighted by Crippen LogP contribution is 2.37. The van der Waals surface area contributed by atoms with Crippen molar-refractivity contribution in [2.45, 2.75) is 44.7 Å². The number of halogens is 1. The highest BCUT2D eigenvalue weighted by molar-refractivity contribution is 6.28. The maximum absolute atomic E-state index is 5.88. The molecule has 4 nitrogen and oxygen atoms in total. The van der Waals surface area contributed by atoms with Crippen LogP contribution < -0.4 is 5.32 Å². The molecule has 1 N–H and O–H groups in total. The number of piperidine rings is 1. The standard InChI is InChI=1S/C14H21ClN4/c1-9-5-13(18-14(15)17-9)16-8-10-6-11-3-4-12(7-10)19(11)2/h5,10-12H,3-4,6-8H2,1-2H3,(H,16,17,18). The Bertz CT molecular complexity index is 431. The van der Waals surface area contributed by atoms with E-state index in [-0.39, 0.29) is 0 Å². The molecule has 5 heteroatoms. The van der Waals surface area contributed by atoms with Gasteiger partial charge in [0, 0.05) is 30.4 Å². The van der Waals surface area contributed by atoms with Crippen LogP contribution in [0.5, 0.6) is 0 Å². The number of aromatic nitrogens is 2. The summed E-state index contributed by atoms with van der Waals surface area (Å²) < 4.78 is 0. The Morgan fingerprint density at radius 3 is 2.63 bits per heavy atom. The van der Waals surface area contributed by atoms with Gasteiger partial charge in [0.15, 0.2) is 0 Å². The molecule has 0 amide bonds. The lowest BCUT2D eigenvalue weighted by molar-refractivity contribution is 0.139. The van der Waals surface area contributed by atoms with Crippen LogP contribution in [0.25, 0.3) is 0 Å².